The molecule has 3 nitrogen and oxygen atoms in total. The van der Waals surface area contributed by atoms with Gasteiger partial charge < -0.3 is 9.52 Å². The summed E-state index contributed by atoms with van der Waals surface area (Å²) in [5.74, 6) is 1.10. The third kappa shape index (κ3) is 3.23. The minimum atomic E-state index is -0.173. The molecule has 0 amide bonds. The Kier molecular flexibility index (Phi) is 5.30. The van der Waals surface area contributed by atoms with Crippen LogP contribution in [0.15, 0.2) is 64.1 Å². The maximum absolute atomic E-state index is 13.1. The van der Waals surface area contributed by atoms with Crippen molar-refractivity contribution in [3.8, 4) is 16.9 Å². The summed E-state index contributed by atoms with van der Waals surface area (Å²) in [4.78, 5) is 13.9. The molecule has 1 aromatic heterocycles. The van der Waals surface area contributed by atoms with Crippen LogP contribution < -0.4 is 0 Å². The Labute approximate surface area is 158 Å². The Hall–Kier alpha value is -1.73. The van der Waals surface area contributed by atoms with Crippen LogP contribution in [0.2, 0.25) is 0 Å². The van der Waals surface area contributed by atoms with E-state index in [4.69, 9.17) is 4.42 Å². The minimum Gasteiger partial charge on any atom is -0.507 e. The summed E-state index contributed by atoms with van der Waals surface area (Å²) in [5, 5.41) is 10.4. The molecule has 0 spiro atoms. The predicted molar refractivity (Wildman–Crippen MR) is 105 cm³/mol. The van der Waals surface area contributed by atoms with Crippen LogP contribution in [0.1, 0.15) is 23.0 Å². The number of carbonyl (C=O) groups excluding carboxylic acids is 1. The van der Waals surface area contributed by atoms with Gasteiger partial charge in [-0.25, -0.2) is 0 Å². The molecule has 0 fully saturated rings. The second kappa shape index (κ2) is 7.44. The first-order valence-electron chi connectivity index (χ1n) is 7.45. The molecule has 0 saturated heterocycles. The number of ketones is 1. The Balaban J connectivity index is 2.30. The summed E-state index contributed by atoms with van der Waals surface area (Å²) in [6, 6.07) is 14.6. The third-order valence-corrected chi connectivity index (χ3v) is 5.99. The molecule has 0 unspecified atom stereocenters. The molecule has 0 radical (unpaired) electrons. The lowest BCUT2D eigenvalue weighted by atomic mass is 9.95. The number of rotatable bonds is 5. The van der Waals surface area contributed by atoms with E-state index in [9.17, 15) is 9.90 Å². The number of benzene rings is 2. The van der Waals surface area contributed by atoms with E-state index in [1.807, 2.05) is 37.3 Å². The Bertz CT molecular complexity index is 858. The Morgan fingerprint density at radius 1 is 1.21 bits per heavy atom. The first kappa shape index (κ1) is 17.1. The van der Waals surface area contributed by atoms with Crippen LogP contribution in [0.4, 0.5) is 0 Å². The molecule has 0 atom stereocenters. The van der Waals surface area contributed by atoms with Gasteiger partial charge in [0.25, 0.3) is 0 Å². The van der Waals surface area contributed by atoms with E-state index in [-0.39, 0.29) is 11.5 Å². The maximum Gasteiger partial charge on any atom is 0.229 e. The molecule has 2 aromatic carbocycles. The molecule has 3 rings (SSSR count). The highest BCUT2D eigenvalue weighted by atomic mass is 127. The molecule has 24 heavy (non-hydrogen) atoms. The lowest BCUT2D eigenvalue weighted by Gasteiger charge is -2.16. The quantitative estimate of drug-likeness (QED) is 0.312. The fourth-order valence-corrected chi connectivity index (χ4v) is 4.26. The fraction of sp³-hybridized carbons (Fsp3) is 0.105. The first-order valence-corrected chi connectivity index (χ1v) is 9.51. The van der Waals surface area contributed by atoms with Crippen molar-refractivity contribution in [1.82, 2.24) is 0 Å². The van der Waals surface area contributed by atoms with Gasteiger partial charge in [-0.1, -0.05) is 37.3 Å². The van der Waals surface area contributed by atoms with Crippen LogP contribution in [0.5, 0.6) is 5.75 Å². The van der Waals surface area contributed by atoms with E-state index < -0.39 is 0 Å². The summed E-state index contributed by atoms with van der Waals surface area (Å²) in [6.07, 6.45) is 1.49. The largest absolute Gasteiger partial charge is 0.507 e. The van der Waals surface area contributed by atoms with Crippen molar-refractivity contribution in [2.24, 2.45) is 0 Å². The molecule has 0 saturated carbocycles. The third-order valence-electron chi connectivity index (χ3n) is 3.55. The maximum atomic E-state index is 13.1. The summed E-state index contributed by atoms with van der Waals surface area (Å²) in [7, 11) is 0. The van der Waals surface area contributed by atoms with Crippen molar-refractivity contribution in [2.75, 3.05) is 5.75 Å². The molecule has 5 heteroatoms. The average molecular weight is 450 g/mol. The van der Waals surface area contributed by atoms with Gasteiger partial charge in [-0.2, -0.15) is 0 Å². The zero-order valence-corrected chi connectivity index (χ0v) is 15.9. The molecule has 1 N–H and O–H groups in total. The minimum absolute atomic E-state index is 0.173. The molecule has 3 aromatic rings. The van der Waals surface area contributed by atoms with Crippen molar-refractivity contribution in [3.63, 3.8) is 0 Å². The smallest absolute Gasteiger partial charge is 0.229 e. The number of halogens is 1. The molecule has 0 bridgehead atoms. The summed E-state index contributed by atoms with van der Waals surface area (Å²) in [6.45, 7) is 2.02. The van der Waals surface area contributed by atoms with Gasteiger partial charge in [0.1, 0.15) is 5.75 Å². The zero-order valence-electron chi connectivity index (χ0n) is 13.0. The normalized spacial score (nSPS) is 10.8. The van der Waals surface area contributed by atoms with Gasteiger partial charge in [0.05, 0.1) is 9.83 Å². The van der Waals surface area contributed by atoms with E-state index in [0.29, 0.717) is 20.5 Å². The lowest BCUT2D eigenvalue weighted by molar-refractivity contribution is 0.101. The fourth-order valence-electron chi connectivity index (χ4n) is 2.50. The summed E-state index contributed by atoms with van der Waals surface area (Å²) < 4.78 is 6.01. The number of hydrogen-bond acceptors (Lipinski definition) is 4. The van der Waals surface area contributed by atoms with E-state index in [2.05, 4.69) is 22.6 Å². The highest BCUT2D eigenvalue weighted by Gasteiger charge is 2.25. The number of aromatic hydroxyl groups is 1. The summed E-state index contributed by atoms with van der Waals surface area (Å²) >= 11 is 3.63. The van der Waals surface area contributed by atoms with Gasteiger partial charge in [0, 0.05) is 10.5 Å². The molecule has 0 aliphatic carbocycles. The highest BCUT2D eigenvalue weighted by Crippen LogP contribution is 2.41. The van der Waals surface area contributed by atoms with Crippen molar-refractivity contribution < 1.29 is 14.3 Å². The van der Waals surface area contributed by atoms with Crippen molar-refractivity contribution in [1.29, 1.82) is 0 Å². The highest BCUT2D eigenvalue weighted by molar-refractivity contribution is 14.1. The van der Waals surface area contributed by atoms with Crippen molar-refractivity contribution >= 4 is 40.1 Å². The van der Waals surface area contributed by atoms with Crippen LogP contribution in [-0.2, 0) is 0 Å². The molecule has 0 aliphatic rings. The zero-order chi connectivity index (χ0) is 17.1. The average Bonchev–Trinajstić information content (AvgIpc) is 3.14. The van der Waals surface area contributed by atoms with E-state index in [1.54, 1.807) is 30.0 Å². The molecular weight excluding hydrogens is 435 g/mol. The van der Waals surface area contributed by atoms with Gasteiger partial charge in [0.15, 0.2) is 5.76 Å². The molecule has 0 aliphatic heterocycles. The van der Waals surface area contributed by atoms with Gasteiger partial charge in [-0.05, 0) is 57.7 Å². The van der Waals surface area contributed by atoms with Crippen LogP contribution >= 0.6 is 34.4 Å². The number of phenolic OH excluding ortho intramolecular Hbond substituents is 1. The first-order chi connectivity index (χ1) is 11.6. The second-order valence-electron chi connectivity index (χ2n) is 5.07. The van der Waals surface area contributed by atoms with Crippen molar-refractivity contribution in [3.05, 3.63) is 69.7 Å². The Morgan fingerprint density at radius 2 is 1.96 bits per heavy atom. The van der Waals surface area contributed by atoms with Crippen LogP contribution in [0.25, 0.3) is 11.1 Å². The second-order valence-corrected chi connectivity index (χ2v) is 7.42. The van der Waals surface area contributed by atoms with Crippen LogP contribution in [0.3, 0.4) is 0 Å². The van der Waals surface area contributed by atoms with Gasteiger partial charge in [0.2, 0.25) is 5.78 Å². The van der Waals surface area contributed by atoms with E-state index in [1.165, 1.54) is 6.26 Å². The topological polar surface area (TPSA) is 50.4 Å². The number of phenols is 1. The molecule has 1 heterocycles. The lowest BCUT2D eigenvalue weighted by Crippen LogP contribution is -2.06. The van der Waals surface area contributed by atoms with Crippen LogP contribution in [-0.4, -0.2) is 16.6 Å². The monoisotopic (exact) mass is 450 g/mol. The predicted octanol–water partition coefficient (Wildman–Crippen LogP) is 5.60. The van der Waals surface area contributed by atoms with Gasteiger partial charge in [-0.15, -0.1) is 11.8 Å². The number of thioether (sulfide) groups is 1. The molecule has 122 valence electrons. The standard InChI is InChI=1S/C19H15IO3S/c1-2-24-19-16(18(22)15-9-6-10-23-15)13(11-14(21)17(19)20)12-7-4-3-5-8-12/h3-11,21H,2H2,1H3. The number of hydrogen-bond donors (Lipinski definition) is 1. The number of furan rings is 1. The van der Waals surface area contributed by atoms with Crippen molar-refractivity contribution in [2.45, 2.75) is 11.8 Å². The van der Waals surface area contributed by atoms with E-state index >= 15 is 0 Å². The SMILES string of the molecule is CCSc1c(I)c(O)cc(-c2ccccc2)c1C(=O)c1ccco1. The molecular formula is C19H15IO3S. The Morgan fingerprint density at radius 3 is 2.58 bits per heavy atom. The van der Waals surface area contributed by atoms with E-state index in [0.717, 1.165) is 16.2 Å². The van der Waals surface area contributed by atoms with Crippen LogP contribution in [0, 0.1) is 3.57 Å². The van der Waals surface area contributed by atoms with Gasteiger partial charge in [-0.3, -0.25) is 4.79 Å². The van der Waals surface area contributed by atoms with Gasteiger partial charge >= 0.3 is 0 Å². The number of carbonyl (C=O) groups is 1. The summed E-state index contributed by atoms with van der Waals surface area (Å²) in [5.41, 5.74) is 2.17.